The number of amides is 1. The maximum Gasteiger partial charge on any atom is 0.255 e. The van der Waals surface area contributed by atoms with Crippen LogP contribution in [-0.2, 0) is 6.54 Å². The highest BCUT2D eigenvalue weighted by molar-refractivity contribution is 9.10. The fraction of sp³-hybridized carbons (Fsp3) is 0.235. The summed E-state index contributed by atoms with van der Waals surface area (Å²) >= 11 is 3.38. The van der Waals surface area contributed by atoms with Crippen LogP contribution in [0.4, 0.5) is 0 Å². The third-order valence-electron chi connectivity index (χ3n) is 3.19. The Morgan fingerprint density at radius 3 is 2.48 bits per heavy atom. The molecule has 0 fully saturated rings. The average Bonchev–Trinajstić information content (AvgIpc) is 3.07. The maximum absolute atomic E-state index is 12.8. The van der Waals surface area contributed by atoms with E-state index in [1.165, 1.54) is 19.1 Å². The summed E-state index contributed by atoms with van der Waals surface area (Å²) < 4.78 is 16.5. The summed E-state index contributed by atoms with van der Waals surface area (Å²) in [4.78, 5) is 14.3. The quantitative estimate of drug-likeness (QED) is 0.724. The number of nitrogens with zero attached hydrogens (tertiary/aromatic N) is 1. The molecule has 0 bridgehead atoms. The zero-order valence-electron chi connectivity index (χ0n) is 12.8. The zero-order chi connectivity index (χ0) is 16.8. The average molecular weight is 378 g/mol. The smallest absolute Gasteiger partial charge is 0.255 e. The molecule has 0 unspecified atom stereocenters. The van der Waals surface area contributed by atoms with Crippen molar-refractivity contribution < 1.29 is 18.7 Å². The first-order chi connectivity index (χ1) is 11.1. The van der Waals surface area contributed by atoms with Gasteiger partial charge in [-0.25, -0.2) is 0 Å². The van der Waals surface area contributed by atoms with Gasteiger partial charge in [0, 0.05) is 5.56 Å². The Balaban J connectivity index is 2.34. The number of benzene rings is 1. The maximum atomic E-state index is 12.8. The van der Waals surface area contributed by atoms with Crippen LogP contribution in [0.15, 0.2) is 39.4 Å². The Morgan fingerprint density at radius 2 is 2.00 bits per heavy atom. The number of hydrogen-bond acceptors (Lipinski definition) is 4. The lowest BCUT2D eigenvalue weighted by Gasteiger charge is -2.20. The van der Waals surface area contributed by atoms with Crippen LogP contribution < -0.4 is 9.47 Å². The number of carbonyl (C=O) groups is 1. The largest absolute Gasteiger partial charge is 0.495 e. The standard InChI is InChI=1S/C17H16BrNO4/c1-4-7-19(11-13-6-5-8-23-13)17(20)12-9-14(21-2)16(18)15(10-12)22-3/h1,5-6,8-10H,7,11H2,2-3H3. The van der Waals surface area contributed by atoms with Crippen LogP contribution in [0.1, 0.15) is 16.1 Å². The summed E-state index contributed by atoms with van der Waals surface area (Å²) in [5.41, 5.74) is 0.420. The molecule has 0 saturated carbocycles. The highest BCUT2D eigenvalue weighted by Gasteiger charge is 2.20. The normalized spacial score (nSPS) is 10.0. The Bertz CT molecular complexity index is 694. The van der Waals surface area contributed by atoms with Crippen LogP contribution in [0.2, 0.25) is 0 Å². The molecule has 0 atom stereocenters. The van der Waals surface area contributed by atoms with Gasteiger partial charge in [0.15, 0.2) is 0 Å². The fourth-order valence-corrected chi connectivity index (χ4v) is 2.63. The van der Waals surface area contributed by atoms with Crippen molar-refractivity contribution in [3.05, 3.63) is 46.3 Å². The van der Waals surface area contributed by atoms with Crippen molar-refractivity contribution in [3.63, 3.8) is 0 Å². The summed E-state index contributed by atoms with van der Waals surface area (Å²) in [6, 6.07) is 6.83. The molecule has 0 aliphatic rings. The molecule has 5 nitrogen and oxygen atoms in total. The van der Waals surface area contributed by atoms with Crippen molar-refractivity contribution in [2.45, 2.75) is 6.54 Å². The monoisotopic (exact) mass is 377 g/mol. The van der Waals surface area contributed by atoms with Gasteiger partial charge < -0.3 is 18.8 Å². The van der Waals surface area contributed by atoms with Gasteiger partial charge in [0.05, 0.1) is 33.6 Å². The van der Waals surface area contributed by atoms with Crippen LogP contribution in [0.5, 0.6) is 11.5 Å². The minimum atomic E-state index is -0.233. The molecule has 2 aromatic rings. The van der Waals surface area contributed by atoms with Crippen molar-refractivity contribution >= 4 is 21.8 Å². The summed E-state index contributed by atoms with van der Waals surface area (Å²) in [6.45, 7) is 0.455. The van der Waals surface area contributed by atoms with Crippen LogP contribution in [0, 0.1) is 12.3 Å². The number of furan rings is 1. The lowest BCUT2D eigenvalue weighted by Crippen LogP contribution is -2.30. The Kier molecular flexibility index (Phi) is 5.72. The Labute approximate surface area is 143 Å². The number of hydrogen-bond donors (Lipinski definition) is 0. The molecule has 1 aromatic carbocycles. The van der Waals surface area contributed by atoms with E-state index in [1.54, 1.807) is 30.5 Å². The first kappa shape index (κ1) is 17.0. The van der Waals surface area contributed by atoms with E-state index >= 15 is 0 Å². The van der Waals surface area contributed by atoms with Gasteiger partial charge in [-0.3, -0.25) is 4.79 Å². The molecule has 0 N–H and O–H groups in total. The molecule has 120 valence electrons. The minimum Gasteiger partial charge on any atom is -0.495 e. The molecule has 2 rings (SSSR count). The predicted molar refractivity (Wildman–Crippen MR) is 89.5 cm³/mol. The zero-order valence-corrected chi connectivity index (χ0v) is 14.4. The van der Waals surface area contributed by atoms with Crippen molar-refractivity contribution in [3.8, 4) is 23.8 Å². The molecule has 0 spiro atoms. The second-order valence-electron chi connectivity index (χ2n) is 4.64. The SMILES string of the molecule is C#CCN(Cc1ccco1)C(=O)c1cc(OC)c(Br)c(OC)c1. The summed E-state index contributed by atoms with van der Waals surface area (Å²) in [5.74, 6) is 3.93. The van der Waals surface area contributed by atoms with E-state index in [1.807, 2.05) is 0 Å². The van der Waals surface area contributed by atoms with Crippen molar-refractivity contribution in [2.75, 3.05) is 20.8 Å². The van der Waals surface area contributed by atoms with E-state index in [0.29, 0.717) is 27.3 Å². The van der Waals surface area contributed by atoms with Crippen LogP contribution in [0.3, 0.4) is 0 Å². The van der Waals surface area contributed by atoms with Gasteiger partial charge in [-0.15, -0.1) is 6.42 Å². The highest BCUT2D eigenvalue weighted by Crippen LogP contribution is 2.36. The third-order valence-corrected chi connectivity index (χ3v) is 3.97. The molecule has 23 heavy (non-hydrogen) atoms. The molecule has 0 aliphatic carbocycles. The van der Waals surface area contributed by atoms with E-state index in [9.17, 15) is 4.79 Å². The highest BCUT2D eigenvalue weighted by atomic mass is 79.9. The lowest BCUT2D eigenvalue weighted by atomic mass is 10.1. The second kappa shape index (κ2) is 7.75. The van der Waals surface area contributed by atoms with Gasteiger partial charge in [-0.1, -0.05) is 5.92 Å². The molecule has 1 aromatic heterocycles. The number of carbonyl (C=O) groups excluding carboxylic acids is 1. The number of halogens is 1. The summed E-state index contributed by atoms with van der Waals surface area (Å²) in [6.07, 6.45) is 6.93. The van der Waals surface area contributed by atoms with E-state index in [2.05, 4.69) is 21.9 Å². The molecule has 6 heteroatoms. The lowest BCUT2D eigenvalue weighted by molar-refractivity contribution is 0.0754. The number of ether oxygens (including phenoxy) is 2. The third kappa shape index (κ3) is 3.88. The van der Waals surface area contributed by atoms with Gasteiger partial charge >= 0.3 is 0 Å². The van der Waals surface area contributed by atoms with Crippen molar-refractivity contribution in [1.29, 1.82) is 0 Å². The molecular weight excluding hydrogens is 362 g/mol. The summed E-state index contributed by atoms with van der Waals surface area (Å²) in [5, 5.41) is 0. The van der Waals surface area contributed by atoms with Gasteiger partial charge in [0.25, 0.3) is 5.91 Å². The van der Waals surface area contributed by atoms with Crippen LogP contribution in [0.25, 0.3) is 0 Å². The first-order valence-corrected chi connectivity index (χ1v) is 7.56. The van der Waals surface area contributed by atoms with Crippen molar-refractivity contribution in [1.82, 2.24) is 4.90 Å². The fourth-order valence-electron chi connectivity index (χ4n) is 2.08. The first-order valence-electron chi connectivity index (χ1n) is 6.77. The minimum absolute atomic E-state index is 0.167. The van der Waals surface area contributed by atoms with E-state index in [0.717, 1.165) is 0 Å². The topological polar surface area (TPSA) is 51.9 Å². The number of methoxy groups -OCH3 is 2. The second-order valence-corrected chi connectivity index (χ2v) is 5.43. The van der Waals surface area contributed by atoms with Gasteiger partial charge in [0.1, 0.15) is 21.7 Å². The van der Waals surface area contributed by atoms with Gasteiger partial charge in [-0.05, 0) is 40.2 Å². The molecule has 0 radical (unpaired) electrons. The van der Waals surface area contributed by atoms with E-state index < -0.39 is 0 Å². The van der Waals surface area contributed by atoms with Gasteiger partial charge in [-0.2, -0.15) is 0 Å². The molecule has 1 amide bonds. The predicted octanol–water partition coefficient (Wildman–Crippen LogP) is 3.33. The van der Waals surface area contributed by atoms with E-state index in [-0.39, 0.29) is 19.0 Å². The number of rotatable bonds is 6. The molecule has 0 aliphatic heterocycles. The van der Waals surface area contributed by atoms with Gasteiger partial charge in [0.2, 0.25) is 0 Å². The van der Waals surface area contributed by atoms with Crippen LogP contribution in [-0.4, -0.2) is 31.6 Å². The van der Waals surface area contributed by atoms with Crippen LogP contribution >= 0.6 is 15.9 Å². The molecule has 0 saturated heterocycles. The molecular formula is C17H16BrNO4. The van der Waals surface area contributed by atoms with E-state index in [4.69, 9.17) is 20.3 Å². The molecule has 1 heterocycles. The summed E-state index contributed by atoms with van der Waals surface area (Å²) in [7, 11) is 3.05. The number of terminal acetylenes is 1. The van der Waals surface area contributed by atoms with Crippen molar-refractivity contribution in [2.24, 2.45) is 0 Å². The Hall–Kier alpha value is -2.39. The Morgan fingerprint density at radius 1 is 1.35 bits per heavy atom.